The summed E-state index contributed by atoms with van der Waals surface area (Å²) in [6.45, 7) is 9.59. The number of anilines is 1. The fourth-order valence-electron chi connectivity index (χ4n) is 4.87. The van der Waals surface area contributed by atoms with Crippen molar-refractivity contribution in [2.45, 2.75) is 47.1 Å². The number of imidazole rings is 1. The van der Waals surface area contributed by atoms with Crippen LogP contribution in [0.3, 0.4) is 0 Å². The lowest BCUT2D eigenvalue weighted by Crippen LogP contribution is -2.29. The molecule has 4 aromatic rings. The first-order valence-electron chi connectivity index (χ1n) is 13.0. The van der Waals surface area contributed by atoms with Crippen LogP contribution in [0.2, 0.25) is 0 Å². The Hall–Kier alpha value is -4.31. The Bertz CT molecular complexity index is 1680. The van der Waals surface area contributed by atoms with Gasteiger partial charge in [0.25, 0.3) is 5.78 Å². The molecule has 1 aromatic carbocycles. The van der Waals surface area contributed by atoms with Crippen LogP contribution >= 0.6 is 11.3 Å². The number of aromatic nitrogens is 3. The Balaban J connectivity index is 1.71. The largest absolute Gasteiger partial charge is 0.505 e. The first-order valence-corrected chi connectivity index (χ1v) is 13.9. The molecule has 4 heterocycles. The fraction of sp³-hybridized carbons (Fsp3) is 0.300. The molecule has 3 aromatic heterocycles. The highest BCUT2D eigenvalue weighted by molar-refractivity contribution is 7.18. The molecular formula is C30H30N4O5S. The summed E-state index contributed by atoms with van der Waals surface area (Å²) in [5.74, 6) is -1.17. The van der Waals surface area contributed by atoms with Crippen molar-refractivity contribution in [2.75, 3.05) is 11.5 Å². The van der Waals surface area contributed by atoms with E-state index in [1.807, 2.05) is 12.1 Å². The number of hydrogen-bond donors (Lipinski definition) is 1. The van der Waals surface area contributed by atoms with Crippen molar-refractivity contribution in [2.24, 2.45) is 5.92 Å². The molecule has 40 heavy (non-hydrogen) atoms. The zero-order valence-corrected chi connectivity index (χ0v) is 23.8. The molecule has 0 bridgehead atoms. The fourth-order valence-corrected chi connectivity index (χ4v) is 5.86. The zero-order chi connectivity index (χ0) is 28.7. The zero-order valence-electron chi connectivity index (χ0n) is 23.0. The number of nitrogens with zero attached hydrogens (tertiary/aromatic N) is 4. The van der Waals surface area contributed by atoms with E-state index < -0.39 is 17.7 Å². The number of ether oxygens (including phenoxy) is 1. The molecule has 1 unspecified atom stereocenters. The van der Waals surface area contributed by atoms with Gasteiger partial charge in [-0.1, -0.05) is 43.4 Å². The molecular weight excluding hydrogens is 528 g/mol. The predicted octanol–water partition coefficient (Wildman–Crippen LogP) is 5.66. The number of fused-ring (bicyclic) bond motifs is 1. The molecule has 1 aliphatic rings. The standard InChI is InChI=1S/C30H30N4O5S/c1-16(2)12-14-39-21-10-8-9-20(15-21)25-23(26(36)24-17(3)31-22-11-6-7-13-33(22)24)27(37)29(38)34(25)30-32-18(4)28(40-30)19(5)35/h6-11,13,15-16,25,36H,12,14H2,1-5H3. The molecule has 0 spiro atoms. The summed E-state index contributed by atoms with van der Waals surface area (Å²) in [6, 6.07) is 11.5. The van der Waals surface area contributed by atoms with Crippen molar-refractivity contribution in [3.8, 4) is 5.75 Å². The third-order valence-corrected chi connectivity index (χ3v) is 8.08. The van der Waals surface area contributed by atoms with Gasteiger partial charge in [-0.15, -0.1) is 0 Å². The normalized spacial score (nSPS) is 16.9. The number of benzene rings is 1. The molecule has 0 radical (unpaired) electrons. The van der Waals surface area contributed by atoms with Gasteiger partial charge in [-0.2, -0.15) is 0 Å². The van der Waals surface area contributed by atoms with Crippen molar-refractivity contribution >= 4 is 45.3 Å². The van der Waals surface area contributed by atoms with Gasteiger partial charge in [-0.3, -0.25) is 23.7 Å². The highest BCUT2D eigenvalue weighted by Crippen LogP contribution is 2.44. The molecule has 1 N–H and O–H groups in total. The number of aryl methyl sites for hydroxylation is 2. The quantitative estimate of drug-likeness (QED) is 0.128. The summed E-state index contributed by atoms with van der Waals surface area (Å²) >= 11 is 1.05. The van der Waals surface area contributed by atoms with Crippen LogP contribution in [0.5, 0.6) is 5.75 Å². The van der Waals surface area contributed by atoms with Crippen LogP contribution in [0, 0.1) is 19.8 Å². The monoisotopic (exact) mass is 558 g/mol. The molecule has 1 fully saturated rings. The lowest BCUT2D eigenvalue weighted by molar-refractivity contribution is -0.132. The summed E-state index contributed by atoms with van der Waals surface area (Å²) in [6.07, 6.45) is 2.60. The number of aliphatic hydroxyl groups excluding tert-OH is 1. The van der Waals surface area contributed by atoms with Crippen LogP contribution < -0.4 is 9.64 Å². The van der Waals surface area contributed by atoms with Gasteiger partial charge < -0.3 is 9.84 Å². The van der Waals surface area contributed by atoms with Crippen LogP contribution in [0.25, 0.3) is 11.4 Å². The number of pyridine rings is 1. The van der Waals surface area contributed by atoms with Crippen LogP contribution in [0.4, 0.5) is 5.13 Å². The van der Waals surface area contributed by atoms with E-state index in [1.165, 1.54) is 11.8 Å². The van der Waals surface area contributed by atoms with Gasteiger partial charge in [0, 0.05) is 13.1 Å². The van der Waals surface area contributed by atoms with Crippen LogP contribution in [-0.4, -0.2) is 43.6 Å². The van der Waals surface area contributed by atoms with E-state index in [-0.39, 0.29) is 22.2 Å². The van der Waals surface area contributed by atoms with Gasteiger partial charge in [-0.05, 0) is 56.0 Å². The summed E-state index contributed by atoms with van der Waals surface area (Å²) in [4.78, 5) is 50.1. The second kappa shape index (κ2) is 10.7. The Morgan fingerprint density at radius 3 is 2.58 bits per heavy atom. The molecule has 5 rings (SSSR count). The highest BCUT2D eigenvalue weighted by atomic mass is 32.1. The molecule has 1 amide bonds. The Kier molecular flexibility index (Phi) is 7.29. The average molecular weight is 559 g/mol. The number of amides is 1. The van der Waals surface area contributed by atoms with Crippen molar-refractivity contribution in [3.63, 3.8) is 0 Å². The summed E-state index contributed by atoms with van der Waals surface area (Å²) in [5.41, 5.74) is 2.36. The number of carbonyl (C=O) groups is 3. The van der Waals surface area contributed by atoms with Gasteiger partial charge in [-0.25, -0.2) is 9.97 Å². The second-order valence-corrected chi connectivity index (χ2v) is 11.2. The van der Waals surface area contributed by atoms with Gasteiger partial charge in [0.15, 0.2) is 16.7 Å². The third-order valence-electron chi connectivity index (χ3n) is 6.82. The highest BCUT2D eigenvalue weighted by Gasteiger charge is 2.49. The van der Waals surface area contributed by atoms with Gasteiger partial charge in [0.2, 0.25) is 0 Å². The minimum Gasteiger partial charge on any atom is -0.505 e. The maximum atomic E-state index is 13.7. The number of thiazole rings is 1. The molecule has 0 aliphatic carbocycles. The van der Waals surface area contributed by atoms with Crippen LogP contribution in [-0.2, 0) is 9.59 Å². The topological polar surface area (TPSA) is 114 Å². The second-order valence-electron chi connectivity index (χ2n) is 10.2. The van der Waals surface area contributed by atoms with Gasteiger partial charge >= 0.3 is 5.91 Å². The van der Waals surface area contributed by atoms with Gasteiger partial charge in [0.1, 0.15) is 17.1 Å². The summed E-state index contributed by atoms with van der Waals surface area (Å²) in [7, 11) is 0. The van der Waals surface area contributed by atoms with Crippen molar-refractivity contribution in [3.05, 3.63) is 81.8 Å². The summed E-state index contributed by atoms with van der Waals surface area (Å²) in [5, 5.41) is 11.9. The summed E-state index contributed by atoms with van der Waals surface area (Å²) < 4.78 is 7.65. The molecule has 9 nitrogen and oxygen atoms in total. The van der Waals surface area contributed by atoms with E-state index in [0.29, 0.717) is 51.4 Å². The maximum Gasteiger partial charge on any atom is 0.301 e. The van der Waals surface area contributed by atoms with E-state index in [9.17, 15) is 19.5 Å². The van der Waals surface area contributed by atoms with Crippen molar-refractivity contribution < 1.29 is 24.2 Å². The van der Waals surface area contributed by atoms with Crippen LogP contribution in [0.1, 0.15) is 65.6 Å². The number of aliphatic hydroxyl groups is 1. The molecule has 1 atom stereocenters. The Labute approximate surface area is 235 Å². The van der Waals surface area contributed by atoms with Crippen molar-refractivity contribution in [1.82, 2.24) is 14.4 Å². The molecule has 1 aliphatic heterocycles. The molecule has 206 valence electrons. The van der Waals surface area contributed by atoms with E-state index in [1.54, 1.807) is 54.8 Å². The smallest absolute Gasteiger partial charge is 0.301 e. The Morgan fingerprint density at radius 1 is 1.10 bits per heavy atom. The minimum atomic E-state index is -1.01. The predicted molar refractivity (Wildman–Crippen MR) is 153 cm³/mol. The SMILES string of the molecule is CC(=O)c1sc(N2C(=O)C(=O)C(=C(O)c3c(C)nc4ccccn34)C2c2cccc(OCCC(C)C)c2)nc1C. The van der Waals surface area contributed by atoms with E-state index in [0.717, 1.165) is 17.8 Å². The first kappa shape index (κ1) is 27.3. The molecule has 10 heteroatoms. The third kappa shape index (κ3) is 4.79. The lowest BCUT2D eigenvalue weighted by atomic mass is 9.96. The Morgan fingerprint density at radius 2 is 1.88 bits per heavy atom. The number of hydrogen-bond acceptors (Lipinski definition) is 8. The maximum absolute atomic E-state index is 13.7. The minimum absolute atomic E-state index is 0.0877. The average Bonchev–Trinajstić information content (AvgIpc) is 3.54. The number of Topliss-reactive ketones (excluding diaryl/α,β-unsaturated/α-hetero) is 2. The lowest BCUT2D eigenvalue weighted by Gasteiger charge is -2.23. The van der Waals surface area contributed by atoms with Crippen molar-refractivity contribution in [1.29, 1.82) is 0 Å². The van der Waals surface area contributed by atoms with E-state index in [4.69, 9.17) is 4.74 Å². The first-order chi connectivity index (χ1) is 19.1. The van der Waals surface area contributed by atoms with Gasteiger partial charge in [0.05, 0.1) is 34.5 Å². The van der Waals surface area contributed by atoms with E-state index in [2.05, 4.69) is 23.8 Å². The molecule has 0 saturated carbocycles. The number of carbonyl (C=O) groups excluding carboxylic acids is 3. The number of rotatable bonds is 8. The van der Waals surface area contributed by atoms with E-state index >= 15 is 0 Å². The van der Waals surface area contributed by atoms with Crippen LogP contribution in [0.15, 0.2) is 54.2 Å². The molecule has 1 saturated heterocycles. The number of ketones is 2.